The zero-order valence-electron chi connectivity index (χ0n) is 12.1. The molecule has 0 aliphatic heterocycles. The van der Waals surface area contributed by atoms with Crippen molar-refractivity contribution in [1.29, 1.82) is 0 Å². The van der Waals surface area contributed by atoms with Gasteiger partial charge in [-0.25, -0.2) is 4.39 Å². The predicted molar refractivity (Wildman–Crippen MR) is 72.4 cm³/mol. The standard InChI is InChI=1S/C14H20F4N2/c1-9(2)20(8-14(16,17)18)13-6-5-11(15)7-12(13)10(3)19-4/h5-7,9-10,19H,8H2,1-4H3. The Labute approximate surface area is 116 Å². The summed E-state index contributed by atoms with van der Waals surface area (Å²) < 4.78 is 51.5. The quantitative estimate of drug-likeness (QED) is 0.828. The molecule has 0 bridgehead atoms. The molecular formula is C14H20F4N2. The molecule has 1 aromatic rings. The van der Waals surface area contributed by atoms with Gasteiger partial charge in [0.25, 0.3) is 0 Å². The Bertz CT molecular complexity index is 443. The summed E-state index contributed by atoms with van der Waals surface area (Å²) in [6.45, 7) is 4.09. The third-order valence-electron chi connectivity index (χ3n) is 3.17. The van der Waals surface area contributed by atoms with Gasteiger partial charge in [-0.15, -0.1) is 0 Å². The Morgan fingerprint density at radius 2 is 1.80 bits per heavy atom. The lowest BCUT2D eigenvalue weighted by molar-refractivity contribution is -0.120. The summed E-state index contributed by atoms with van der Waals surface area (Å²) in [4.78, 5) is 1.24. The van der Waals surface area contributed by atoms with E-state index in [1.54, 1.807) is 27.8 Å². The van der Waals surface area contributed by atoms with Crippen molar-refractivity contribution in [2.24, 2.45) is 0 Å². The van der Waals surface area contributed by atoms with Gasteiger partial charge in [-0.3, -0.25) is 0 Å². The first kappa shape index (κ1) is 16.8. The molecule has 20 heavy (non-hydrogen) atoms. The topological polar surface area (TPSA) is 15.3 Å². The van der Waals surface area contributed by atoms with Crippen LogP contribution in [-0.2, 0) is 0 Å². The molecule has 0 amide bonds. The highest BCUT2D eigenvalue weighted by Gasteiger charge is 2.33. The number of hydrogen-bond acceptors (Lipinski definition) is 2. The van der Waals surface area contributed by atoms with Crippen LogP contribution < -0.4 is 10.2 Å². The fourth-order valence-corrected chi connectivity index (χ4v) is 2.03. The van der Waals surface area contributed by atoms with Gasteiger partial charge < -0.3 is 10.2 Å². The Morgan fingerprint density at radius 3 is 2.25 bits per heavy atom. The van der Waals surface area contributed by atoms with E-state index in [0.29, 0.717) is 11.3 Å². The normalized spacial score (nSPS) is 13.7. The van der Waals surface area contributed by atoms with E-state index >= 15 is 0 Å². The Hall–Kier alpha value is -1.30. The third-order valence-corrected chi connectivity index (χ3v) is 3.17. The smallest absolute Gasteiger partial charge is 0.360 e. The molecule has 0 saturated heterocycles. The molecule has 1 unspecified atom stereocenters. The average molecular weight is 292 g/mol. The zero-order chi connectivity index (χ0) is 15.5. The zero-order valence-corrected chi connectivity index (χ0v) is 12.1. The van der Waals surface area contributed by atoms with Crippen LogP contribution in [0.4, 0.5) is 23.2 Å². The van der Waals surface area contributed by atoms with Gasteiger partial charge in [0.2, 0.25) is 0 Å². The number of alkyl halides is 3. The van der Waals surface area contributed by atoms with Crippen molar-refractivity contribution in [3.05, 3.63) is 29.6 Å². The number of benzene rings is 1. The molecule has 0 aliphatic rings. The first-order chi connectivity index (χ1) is 9.15. The molecule has 1 atom stereocenters. The van der Waals surface area contributed by atoms with Gasteiger partial charge in [0.15, 0.2) is 0 Å². The highest BCUT2D eigenvalue weighted by molar-refractivity contribution is 5.56. The highest BCUT2D eigenvalue weighted by Crippen LogP contribution is 2.31. The fourth-order valence-electron chi connectivity index (χ4n) is 2.03. The molecule has 0 saturated carbocycles. The van der Waals surface area contributed by atoms with Crippen molar-refractivity contribution in [3.63, 3.8) is 0 Å². The van der Waals surface area contributed by atoms with E-state index in [-0.39, 0.29) is 12.1 Å². The molecule has 0 aliphatic carbocycles. The first-order valence-corrected chi connectivity index (χ1v) is 6.45. The van der Waals surface area contributed by atoms with Crippen LogP contribution in [0, 0.1) is 5.82 Å². The molecule has 0 radical (unpaired) electrons. The second-order valence-corrected chi connectivity index (χ2v) is 5.05. The molecule has 0 heterocycles. The van der Waals surface area contributed by atoms with Crippen LogP contribution in [0.5, 0.6) is 0 Å². The van der Waals surface area contributed by atoms with Crippen LogP contribution in [0.3, 0.4) is 0 Å². The second-order valence-electron chi connectivity index (χ2n) is 5.05. The van der Waals surface area contributed by atoms with Crippen LogP contribution in [0.1, 0.15) is 32.4 Å². The largest absolute Gasteiger partial charge is 0.405 e. The second kappa shape index (κ2) is 6.43. The van der Waals surface area contributed by atoms with Gasteiger partial charge >= 0.3 is 6.18 Å². The van der Waals surface area contributed by atoms with E-state index in [9.17, 15) is 17.6 Å². The van der Waals surface area contributed by atoms with E-state index in [0.717, 1.165) is 0 Å². The van der Waals surface area contributed by atoms with Crippen LogP contribution in [0.25, 0.3) is 0 Å². The SMILES string of the molecule is CNC(C)c1cc(F)ccc1N(CC(F)(F)F)C(C)C. The minimum atomic E-state index is -4.31. The molecule has 6 heteroatoms. The van der Waals surface area contributed by atoms with Crippen molar-refractivity contribution >= 4 is 5.69 Å². The number of nitrogens with one attached hydrogen (secondary N) is 1. The number of nitrogens with zero attached hydrogens (tertiary/aromatic N) is 1. The van der Waals surface area contributed by atoms with E-state index < -0.39 is 18.5 Å². The summed E-state index contributed by atoms with van der Waals surface area (Å²) in [5, 5.41) is 2.93. The van der Waals surface area contributed by atoms with Crippen LogP contribution in [-0.4, -0.2) is 25.8 Å². The van der Waals surface area contributed by atoms with E-state index in [4.69, 9.17) is 0 Å². The minimum absolute atomic E-state index is 0.241. The van der Waals surface area contributed by atoms with E-state index in [1.807, 2.05) is 0 Å². The molecular weight excluding hydrogens is 272 g/mol. The third kappa shape index (κ3) is 4.37. The van der Waals surface area contributed by atoms with E-state index in [1.165, 1.54) is 23.1 Å². The maximum Gasteiger partial charge on any atom is 0.405 e. The monoisotopic (exact) mass is 292 g/mol. The summed E-state index contributed by atoms with van der Waals surface area (Å²) in [7, 11) is 1.68. The molecule has 0 fully saturated rings. The van der Waals surface area contributed by atoms with Crippen molar-refractivity contribution < 1.29 is 17.6 Å². The van der Waals surface area contributed by atoms with Crippen molar-refractivity contribution in [1.82, 2.24) is 5.32 Å². The molecule has 2 nitrogen and oxygen atoms in total. The summed E-state index contributed by atoms with van der Waals surface area (Å²) >= 11 is 0. The summed E-state index contributed by atoms with van der Waals surface area (Å²) in [5.74, 6) is -0.457. The van der Waals surface area contributed by atoms with Crippen LogP contribution in [0.15, 0.2) is 18.2 Å². The average Bonchev–Trinajstić information content (AvgIpc) is 2.34. The van der Waals surface area contributed by atoms with Crippen molar-refractivity contribution in [2.75, 3.05) is 18.5 Å². The Kier molecular flexibility index (Phi) is 5.39. The van der Waals surface area contributed by atoms with Crippen molar-refractivity contribution in [3.8, 4) is 0 Å². The van der Waals surface area contributed by atoms with Crippen LogP contribution in [0.2, 0.25) is 0 Å². The van der Waals surface area contributed by atoms with Gasteiger partial charge in [-0.2, -0.15) is 13.2 Å². The first-order valence-electron chi connectivity index (χ1n) is 6.45. The Balaban J connectivity index is 3.25. The number of halogens is 4. The maximum atomic E-state index is 13.4. The number of anilines is 1. The summed E-state index contributed by atoms with van der Waals surface area (Å²) in [5.41, 5.74) is 0.922. The maximum absolute atomic E-state index is 13.4. The minimum Gasteiger partial charge on any atom is -0.360 e. The molecule has 0 spiro atoms. The predicted octanol–water partition coefficient (Wildman–Crippen LogP) is 3.88. The Morgan fingerprint density at radius 1 is 1.20 bits per heavy atom. The van der Waals surface area contributed by atoms with Gasteiger partial charge in [0.05, 0.1) is 0 Å². The number of rotatable bonds is 5. The highest BCUT2D eigenvalue weighted by atomic mass is 19.4. The van der Waals surface area contributed by atoms with Gasteiger partial charge in [0, 0.05) is 17.8 Å². The lowest BCUT2D eigenvalue weighted by Crippen LogP contribution is -2.40. The van der Waals surface area contributed by atoms with Gasteiger partial charge in [-0.1, -0.05) is 0 Å². The molecule has 114 valence electrons. The van der Waals surface area contributed by atoms with Crippen molar-refractivity contribution in [2.45, 2.75) is 39.0 Å². The van der Waals surface area contributed by atoms with Crippen LogP contribution >= 0.6 is 0 Å². The molecule has 0 aromatic heterocycles. The molecule has 1 aromatic carbocycles. The fraction of sp³-hybridized carbons (Fsp3) is 0.571. The lowest BCUT2D eigenvalue weighted by atomic mass is 10.0. The summed E-state index contributed by atoms with van der Waals surface area (Å²) in [6, 6.07) is 3.29. The van der Waals surface area contributed by atoms with Gasteiger partial charge in [-0.05, 0) is 51.6 Å². The lowest BCUT2D eigenvalue weighted by Gasteiger charge is -2.33. The number of hydrogen-bond donors (Lipinski definition) is 1. The summed E-state index contributed by atoms with van der Waals surface area (Å²) in [6.07, 6.45) is -4.31. The van der Waals surface area contributed by atoms with E-state index in [2.05, 4.69) is 5.32 Å². The molecule has 1 rings (SSSR count). The van der Waals surface area contributed by atoms with Gasteiger partial charge in [0.1, 0.15) is 12.4 Å². The molecule has 1 N–H and O–H groups in total.